The monoisotopic (exact) mass is 341 g/mol. The number of hydrogen-bond acceptors (Lipinski definition) is 4. The second kappa shape index (κ2) is 5.75. The molecule has 100 valence electrons. The number of carbonyl (C=O) groups is 1. The molecule has 2 aromatic rings. The number of nitrogens with one attached hydrogen (secondary N) is 1. The minimum atomic E-state index is -0.244. The van der Waals surface area contributed by atoms with Crippen molar-refractivity contribution < 1.29 is 4.79 Å². The maximum atomic E-state index is 11.6. The molecule has 7 heteroatoms. The first-order chi connectivity index (χ1) is 9.02. The van der Waals surface area contributed by atoms with Gasteiger partial charge in [-0.05, 0) is 43.8 Å². The maximum Gasteiger partial charge on any atom is 0.343 e. The molecule has 0 aliphatic carbocycles. The summed E-state index contributed by atoms with van der Waals surface area (Å²) in [5.74, 6) is -0.0234. The number of Topliss-reactive ketones (excluding diaryl/α,β-unsaturated/α-hetero) is 1. The number of hydrogen-bond donors (Lipinski definition) is 1. The minimum absolute atomic E-state index is 0.0234. The summed E-state index contributed by atoms with van der Waals surface area (Å²) in [7, 11) is 0. The predicted molar refractivity (Wildman–Crippen MR) is 76.8 cm³/mol. The Bertz CT molecular complexity index is 678. The molecule has 0 spiro atoms. The summed E-state index contributed by atoms with van der Waals surface area (Å²) in [6.07, 6.45) is 0. The van der Waals surface area contributed by atoms with E-state index in [4.69, 9.17) is 0 Å². The van der Waals surface area contributed by atoms with Gasteiger partial charge in [0.15, 0.2) is 10.9 Å². The van der Waals surface area contributed by atoms with Crippen LogP contribution in [0.25, 0.3) is 0 Å². The van der Waals surface area contributed by atoms with Crippen molar-refractivity contribution in [2.45, 2.75) is 30.4 Å². The van der Waals surface area contributed by atoms with Crippen molar-refractivity contribution in [2.24, 2.45) is 0 Å². The Morgan fingerprint density at radius 2 is 2.26 bits per heavy atom. The van der Waals surface area contributed by atoms with E-state index in [0.717, 1.165) is 9.37 Å². The van der Waals surface area contributed by atoms with Crippen molar-refractivity contribution in [2.75, 3.05) is 0 Å². The number of carbonyl (C=O) groups excluding carboxylic acids is 1. The van der Waals surface area contributed by atoms with Gasteiger partial charge in [-0.1, -0.05) is 15.9 Å². The molecule has 0 unspecified atom stereocenters. The van der Waals surface area contributed by atoms with Gasteiger partial charge < -0.3 is 0 Å². The number of ketones is 1. The summed E-state index contributed by atoms with van der Waals surface area (Å²) in [6, 6.07) is 5.46. The lowest BCUT2D eigenvalue weighted by atomic mass is 10.1. The van der Waals surface area contributed by atoms with E-state index in [2.05, 4.69) is 26.1 Å². The van der Waals surface area contributed by atoms with E-state index >= 15 is 0 Å². The predicted octanol–water partition coefficient (Wildman–Crippen LogP) is 2.71. The SMILES string of the molecule is CCn1c(Sc2ccc(Br)cc2C(C)=O)n[nH]c1=O. The largest absolute Gasteiger partial charge is 0.343 e. The lowest BCUT2D eigenvalue weighted by Gasteiger charge is -2.07. The van der Waals surface area contributed by atoms with Gasteiger partial charge in [0.1, 0.15) is 0 Å². The van der Waals surface area contributed by atoms with E-state index in [1.54, 1.807) is 6.07 Å². The summed E-state index contributed by atoms with van der Waals surface area (Å²) < 4.78 is 2.37. The minimum Gasteiger partial charge on any atom is -0.294 e. The first kappa shape index (κ1) is 14.1. The lowest BCUT2D eigenvalue weighted by molar-refractivity contribution is 0.101. The molecule has 0 bridgehead atoms. The zero-order chi connectivity index (χ0) is 14.0. The van der Waals surface area contributed by atoms with Crippen molar-refractivity contribution in [1.82, 2.24) is 14.8 Å². The van der Waals surface area contributed by atoms with Crippen molar-refractivity contribution in [1.29, 1.82) is 0 Å². The molecule has 1 aromatic carbocycles. The Kier molecular flexibility index (Phi) is 4.26. The van der Waals surface area contributed by atoms with Crippen LogP contribution in [0.4, 0.5) is 0 Å². The molecule has 0 amide bonds. The highest BCUT2D eigenvalue weighted by atomic mass is 79.9. The number of aromatic nitrogens is 3. The van der Waals surface area contributed by atoms with Crippen LogP contribution in [0.3, 0.4) is 0 Å². The lowest BCUT2D eigenvalue weighted by Crippen LogP contribution is -2.16. The summed E-state index contributed by atoms with van der Waals surface area (Å²) in [4.78, 5) is 23.9. The smallest absolute Gasteiger partial charge is 0.294 e. The molecule has 19 heavy (non-hydrogen) atoms. The Morgan fingerprint density at radius 3 is 2.89 bits per heavy atom. The maximum absolute atomic E-state index is 11.6. The topological polar surface area (TPSA) is 67.8 Å². The molecule has 0 saturated heterocycles. The highest BCUT2D eigenvalue weighted by molar-refractivity contribution is 9.10. The van der Waals surface area contributed by atoms with Gasteiger partial charge in [-0.25, -0.2) is 9.89 Å². The molecular formula is C12H12BrN3O2S. The van der Waals surface area contributed by atoms with E-state index in [-0.39, 0.29) is 11.5 Å². The molecular weight excluding hydrogens is 330 g/mol. The number of nitrogens with zero attached hydrogens (tertiary/aromatic N) is 2. The van der Waals surface area contributed by atoms with Crippen LogP contribution >= 0.6 is 27.7 Å². The molecule has 5 nitrogen and oxygen atoms in total. The normalized spacial score (nSPS) is 10.7. The van der Waals surface area contributed by atoms with Crippen LogP contribution in [-0.2, 0) is 6.54 Å². The fraction of sp³-hybridized carbons (Fsp3) is 0.250. The van der Waals surface area contributed by atoms with Crippen LogP contribution in [0.15, 0.2) is 37.5 Å². The Morgan fingerprint density at radius 1 is 1.53 bits per heavy atom. The van der Waals surface area contributed by atoms with Gasteiger partial charge in [-0.15, -0.1) is 5.10 Å². The van der Waals surface area contributed by atoms with E-state index in [9.17, 15) is 9.59 Å². The first-order valence-corrected chi connectivity index (χ1v) is 7.27. The van der Waals surface area contributed by atoms with Gasteiger partial charge in [0, 0.05) is 21.5 Å². The third kappa shape index (κ3) is 2.98. The highest BCUT2D eigenvalue weighted by Crippen LogP contribution is 2.30. The quantitative estimate of drug-likeness (QED) is 0.868. The number of benzene rings is 1. The van der Waals surface area contributed by atoms with E-state index in [0.29, 0.717) is 17.3 Å². The van der Waals surface area contributed by atoms with E-state index in [1.807, 2.05) is 19.1 Å². The first-order valence-electron chi connectivity index (χ1n) is 5.66. The molecule has 0 atom stereocenters. The number of halogens is 1. The third-order valence-corrected chi connectivity index (χ3v) is 4.13. The van der Waals surface area contributed by atoms with Gasteiger partial charge in [-0.3, -0.25) is 9.36 Å². The highest BCUT2D eigenvalue weighted by Gasteiger charge is 2.13. The van der Waals surface area contributed by atoms with Crippen LogP contribution in [0, 0.1) is 0 Å². The molecule has 0 aliphatic heterocycles. The molecule has 1 aromatic heterocycles. The second-order valence-corrected chi connectivity index (χ2v) is 5.78. The van der Waals surface area contributed by atoms with Crippen molar-refractivity contribution in [3.63, 3.8) is 0 Å². The van der Waals surface area contributed by atoms with Crippen molar-refractivity contribution >= 4 is 33.5 Å². The average Bonchev–Trinajstić information content (AvgIpc) is 2.71. The van der Waals surface area contributed by atoms with Crippen LogP contribution in [0.2, 0.25) is 0 Å². The molecule has 0 saturated carbocycles. The molecule has 0 fully saturated rings. The van der Waals surface area contributed by atoms with Gasteiger partial charge in [0.2, 0.25) is 0 Å². The molecule has 1 heterocycles. The molecule has 0 radical (unpaired) electrons. The van der Waals surface area contributed by atoms with Gasteiger partial charge in [0.25, 0.3) is 0 Å². The van der Waals surface area contributed by atoms with Crippen molar-refractivity contribution in [3.8, 4) is 0 Å². The summed E-state index contributed by atoms with van der Waals surface area (Å²) >= 11 is 4.65. The van der Waals surface area contributed by atoms with Crippen LogP contribution in [-0.4, -0.2) is 20.5 Å². The molecule has 0 aliphatic rings. The van der Waals surface area contributed by atoms with Crippen LogP contribution < -0.4 is 5.69 Å². The third-order valence-electron chi connectivity index (χ3n) is 2.56. The van der Waals surface area contributed by atoms with Crippen LogP contribution in [0.5, 0.6) is 0 Å². The Balaban J connectivity index is 2.43. The molecule has 1 N–H and O–H groups in total. The fourth-order valence-electron chi connectivity index (χ4n) is 1.62. The van der Waals surface area contributed by atoms with Gasteiger partial charge in [-0.2, -0.15) is 0 Å². The fourth-order valence-corrected chi connectivity index (χ4v) is 3.04. The average molecular weight is 342 g/mol. The van der Waals surface area contributed by atoms with Gasteiger partial charge >= 0.3 is 5.69 Å². The van der Waals surface area contributed by atoms with E-state index < -0.39 is 0 Å². The number of H-pyrrole nitrogens is 1. The Hall–Kier alpha value is -1.34. The number of rotatable bonds is 4. The summed E-state index contributed by atoms with van der Waals surface area (Å²) in [5, 5.41) is 6.93. The zero-order valence-electron chi connectivity index (χ0n) is 10.4. The molecule has 2 rings (SSSR count). The second-order valence-electron chi connectivity index (χ2n) is 3.85. The Labute approximate surface area is 122 Å². The van der Waals surface area contributed by atoms with E-state index in [1.165, 1.54) is 23.3 Å². The van der Waals surface area contributed by atoms with Crippen LogP contribution in [0.1, 0.15) is 24.2 Å². The van der Waals surface area contributed by atoms with Crippen molar-refractivity contribution in [3.05, 3.63) is 38.7 Å². The number of aromatic amines is 1. The summed E-state index contributed by atoms with van der Waals surface area (Å²) in [5.41, 5.74) is 0.365. The standard InChI is InChI=1S/C12H12BrN3O2S/c1-3-16-11(18)14-15-12(16)19-10-5-4-8(13)6-9(10)7(2)17/h4-6H,3H2,1-2H3,(H,14,18). The summed E-state index contributed by atoms with van der Waals surface area (Å²) in [6.45, 7) is 3.92. The van der Waals surface area contributed by atoms with Gasteiger partial charge in [0.05, 0.1) is 0 Å². The zero-order valence-corrected chi connectivity index (χ0v) is 12.8.